The van der Waals surface area contributed by atoms with Gasteiger partial charge < -0.3 is 20.2 Å². The first-order valence-corrected chi connectivity index (χ1v) is 7.33. The molecule has 3 rings (SSSR count). The van der Waals surface area contributed by atoms with Gasteiger partial charge in [0.25, 0.3) is 0 Å². The van der Waals surface area contributed by atoms with E-state index in [2.05, 4.69) is 4.98 Å². The number of fused-ring (bicyclic) bond motifs is 1. The Morgan fingerprint density at radius 3 is 2.95 bits per heavy atom. The van der Waals surface area contributed by atoms with Gasteiger partial charge in [-0.3, -0.25) is 4.79 Å². The van der Waals surface area contributed by atoms with Crippen LogP contribution in [0.5, 0.6) is 0 Å². The SMILES string of the molecule is N[C@H](Cc1c[nH]c2ccccc12)C(=O)OC1CCOCC1. The van der Waals surface area contributed by atoms with E-state index in [1.165, 1.54) is 0 Å². The second kappa shape index (κ2) is 6.28. The molecular formula is C16H20N2O3. The average molecular weight is 288 g/mol. The molecule has 2 aromatic rings. The zero-order chi connectivity index (χ0) is 14.7. The van der Waals surface area contributed by atoms with Gasteiger partial charge in [0, 0.05) is 36.4 Å². The van der Waals surface area contributed by atoms with Crippen LogP contribution in [-0.2, 0) is 20.7 Å². The maximum absolute atomic E-state index is 12.1. The van der Waals surface area contributed by atoms with Crippen LogP contribution in [0.1, 0.15) is 18.4 Å². The van der Waals surface area contributed by atoms with Gasteiger partial charge >= 0.3 is 5.97 Å². The highest BCUT2D eigenvalue weighted by atomic mass is 16.6. The fourth-order valence-corrected chi connectivity index (χ4v) is 2.67. The molecule has 2 heterocycles. The number of para-hydroxylation sites is 1. The van der Waals surface area contributed by atoms with Crippen LogP contribution in [0.15, 0.2) is 30.5 Å². The number of aromatic nitrogens is 1. The van der Waals surface area contributed by atoms with Crippen LogP contribution in [-0.4, -0.2) is 36.3 Å². The molecular weight excluding hydrogens is 268 g/mol. The lowest BCUT2D eigenvalue weighted by molar-refractivity contribution is -0.154. The highest BCUT2D eigenvalue weighted by Gasteiger charge is 2.23. The van der Waals surface area contributed by atoms with Crippen LogP contribution in [0.3, 0.4) is 0 Å². The fraction of sp³-hybridized carbons (Fsp3) is 0.438. The van der Waals surface area contributed by atoms with Crippen LogP contribution >= 0.6 is 0 Å². The van der Waals surface area contributed by atoms with Gasteiger partial charge in [0.15, 0.2) is 0 Å². The number of esters is 1. The number of carbonyl (C=O) groups is 1. The summed E-state index contributed by atoms with van der Waals surface area (Å²) < 4.78 is 10.7. The number of ether oxygens (including phenoxy) is 2. The molecule has 1 aromatic carbocycles. The fourth-order valence-electron chi connectivity index (χ4n) is 2.67. The summed E-state index contributed by atoms with van der Waals surface area (Å²) in [5, 5.41) is 1.10. The van der Waals surface area contributed by atoms with E-state index in [1.807, 2.05) is 30.5 Å². The Morgan fingerprint density at radius 2 is 2.14 bits per heavy atom. The van der Waals surface area contributed by atoms with Gasteiger partial charge in [-0.25, -0.2) is 0 Å². The van der Waals surface area contributed by atoms with Crippen LogP contribution in [0.2, 0.25) is 0 Å². The minimum absolute atomic E-state index is 0.0553. The van der Waals surface area contributed by atoms with E-state index in [0.717, 1.165) is 29.3 Å². The first kappa shape index (κ1) is 14.1. The van der Waals surface area contributed by atoms with E-state index in [-0.39, 0.29) is 12.1 Å². The molecule has 0 radical (unpaired) electrons. The summed E-state index contributed by atoms with van der Waals surface area (Å²) in [5.74, 6) is -0.327. The van der Waals surface area contributed by atoms with E-state index in [0.29, 0.717) is 19.6 Å². The number of nitrogens with one attached hydrogen (secondary N) is 1. The number of aromatic amines is 1. The smallest absolute Gasteiger partial charge is 0.323 e. The molecule has 0 spiro atoms. The summed E-state index contributed by atoms with van der Waals surface area (Å²) in [4.78, 5) is 15.3. The van der Waals surface area contributed by atoms with Gasteiger partial charge in [0.05, 0.1) is 13.2 Å². The third kappa shape index (κ3) is 3.25. The van der Waals surface area contributed by atoms with E-state index in [1.54, 1.807) is 0 Å². The molecule has 0 unspecified atom stereocenters. The molecule has 0 amide bonds. The number of H-pyrrole nitrogens is 1. The first-order chi connectivity index (χ1) is 10.2. The molecule has 1 saturated heterocycles. The van der Waals surface area contributed by atoms with Crippen molar-refractivity contribution in [2.24, 2.45) is 5.73 Å². The van der Waals surface area contributed by atoms with Crippen molar-refractivity contribution < 1.29 is 14.3 Å². The number of carbonyl (C=O) groups excluding carboxylic acids is 1. The standard InChI is InChI=1S/C16H20N2O3/c17-14(16(19)21-12-5-7-20-8-6-12)9-11-10-18-15-4-2-1-3-13(11)15/h1-4,10,12,14,18H,5-9,17H2/t14-/m1/s1. The van der Waals surface area contributed by atoms with E-state index >= 15 is 0 Å². The summed E-state index contributed by atoms with van der Waals surface area (Å²) in [6.45, 7) is 1.30. The van der Waals surface area contributed by atoms with Crippen molar-refractivity contribution in [2.75, 3.05) is 13.2 Å². The molecule has 0 aliphatic carbocycles. The normalized spacial score (nSPS) is 17.8. The molecule has 21 heavy (non-hydrogen) atoms. The average Bonchev–Trinajstić information content (AvgIpc) is 2.91. The zero-order valence-corrected chi connectivity index (χ0v) is 11.9. The lowest BCUT2D eigenvalue weighted by Gasteiger charge is -2.23. The lowest BCUT2D eigenvalue weighted by Crippen LogP contribution is -2.38. The maximum Gasteiger partial charge on any atom is 0.323 e. The van der Waals surface area contributed by atoms with E-state index < -0.39 is 6.04 Å². The molecule has 1 atom stereocenters. The minimum Gasteiger partial charge on any atom is -0.461 e. The minimum atomic E-state index is -0.632. The predicted molar refractivity (Wildman–Crippen MR) is 79.9 cm³/mol. The van der Waals surface area contributed by atoms with Gasteiger partial charge in [-0.05, 0) is 11.6 Å². The molecule has 5 heteroatoms. The summed E-state index contributed by atoms with van der Waals surface area (Å²) in [6, 6.07) is 7.35. The Kier molecular flexibility index (Phi) is 4.22. The monoisotopic (exact) mass is 288 g/mol. The Bertz CT molecular complexity index is 617. The predicted octanol–water partition coefficient (Wildman–Crippen LogP) is 1.76. The Morgan fingerprint density at radius 1 is 1.38 bits per heavy atom. The molecule has 3 N–H and O–H groups in total. The summed E-state index contributed by atoms with van der Waals surface area (Å²) in [6.07, 6.45) is 3.84. The Hall–Kier alpha value is -1.85. The highest BCUT2D eigenvalue weighted by Crippen LogP contribution is 2.19. The van der Waals surface area contributed by atoms with Crippen molar-refractivity contribution in [3.8, 4) is 0 Å². The first-order valence-electron chi connectivity index (χ1n) is 7.33. The van der Waals surface area contributed by atoms with Gasteiger partial charge in [-0.15, -0.1) is 0 Å². The molecule has 1 aromatic heterocycles. The highest BCUT2D eigenvalue weighted by molar-refractivity contribution is 5.84. The summed E-state index contributed by atoms with van der Waals surface area (Å²) in [5.41, 5.74) is 8.09. The number of nitrogens with two attached hydrogens (primary N) is 1. The van der Waals surface area contributed by atoms with E-state index in [4.69, 9.17) is 15.2 Å². The number of hydrogen-bond acceptors (Lipinski definition) is 4. The van der Waals surface area contributed by atoms with Gasteiger partial charge in [0.2, 0.25) is 0 Å². The van der Waals surface area contributed by atoms with Crippen molar-refractivity contribution in [3.05, 3.63) is 36.0 Å². The van der Waals surface area contributed by atoms with Crippen LogP contribution in [0.25, 0.3) is 10.9 Å². The van der Waals surface area contributed by atoms with Crippen molar-refractivity contribution in [1.82, 2.24) is 4.98 Å². The van der Waals surface area contributed by atoms with Crippen molar-refractivity contribution >= 4 is 16.9 Å². The van der Waals surface area contributed by atoms with Gasteiger partial charge in [-0.2, -0.15) is 0 Å². The van der Waals surface area contributed by atoms with E-state index in [9.17, 15) is 4.79 Å². The Labute approximate surface area is 123 Å². The molecule has 112 valence electrons. The lowest BCUT2D eigenvalue weighted by atomic mass is 10.1. The molecule has 1 fully saturated rings. The number of benzene rings is 1. The van der Waals surface area contributed by atoms with Crippen molar-refractivity contribution in [2.45, 2.75) is 31.4 Å². The number of rotatable bonds is 4. The maximum atomic E-state index is 12.1. The summed E-state index contributed by atoms with van der Waals surface area (Å²) in [7, 11) is 0. The summed E-state index contributed by atoms with van der Waals surface area (Å²) >= 11 is 0. The van der Waals surface area contributed by atoms with Crippen LogP contribution < -0.4 is 5.73 Å². The molecule has 1 aliphatic rings. The second-order valence-electron chi connectivity index (χ2n) is 5.42. The van der Waals surface area contributed by atoms with Crippen LogP contribution in [0.4, 0.5) is 0 Å². The Balaban J connectivity index is 1.62. The van der Waals surface area contributed by atoms with Crippen LogP contribution in [0, 0.1) is 0 Å². The van der Waals surface area contributed by atoms with Gasteiger partial charge in [0.1, 0.15) is 12.1 Å². The zero-order valence-electron chi connectivity index (χ0n) is 11.9. The molecule has 5 nitrogen and oxygen atoms in total. The third-order valence-electron chi connectivity index (χ3n) is 3.87. The number of hydrogen-bond donors (Lipinski definition) is 2. The third-order valence-corrected chi connectivity index (χ3v) is 3.87. The largest absolute Gasteiger partial charge is 0.461 e. The molecule has 1 aliphatic heterocycles. The molecule has 0 saturated carbocycles. The quantitative estimate of drug-likeness (QED) is 0.840. The molecule has 0 bridgehead atoms. The topological polar surface area (TPSA) is 77.3 Å². The van der Waals surface area contributed by atoms with Gasteiger partial charge in [-0.1, -0.05) is 18.2 Å². The van der Waals surface area contributed by atoms with Crippen molar-refractivity contribution in [1.29, 1.82) is 0 Å². The van der Waals surface area contributed by atoms with Crippen molar-refractivity contribution in [3.63, 3.8) is 0 Å². The second-order valence-corrected chi connectivity index (χ2v) is 5.42.